The predicted molar refractivity (Wildman–Crippen MR) is 118 cm³/mol. The molecule has 2 aromatic rings. The van der Waals surface area contributed by atoms with Crippen LogP contribution in [0, 0.1) is 0 Å². The Morgan fingerprint density at radius 1 is 1.00 bits per heavy atom. The van der Waals surface area contributed by atoms with Crippen molar-refractivity contribution in [3.05, 3.63) is 71.8 Å². The fourth-order valence-electron chi connectivity index (χ4n) is 3.64. The molecule has 0 heterocycles. The van der Waals surface area contributed by atoms with Crippen molar-refractivity contribution in [2.45, 2.75) is 18.9 Å². The molecule has 0 saturated heterocycles. The van der Waals surface area contributed by atoms with Gasteiger partial charge in [0.1, 0.15) is 6.61 Å². The second kappa shape index (κ2) is 10.9. The maximum atomic E-state index is 12.5. The zero-order valence-corrected chi connectivity index (χ0v) is 17.9. The molecule has 0 bridgehead atoms. The Hall–Kier alpha value is -4.14. The highest BCUT2D eigenvalue weighted by atomic mass is 16.6. The lowest BCUT2D eigenvalue weighted by atomic mass is 9.98. The van der Waals surface area contributed by atoms with Crippen molar-refractivity contribution in [2.24, 2.45) is 0 Å². The van der Waals surface area contributed by atoms with E-state index in [0.717, 1.165) is 28.3 Å². The number of alkyl carbamates (subject to hydrolysis) is 1. The Balaban J connectivity index is 1.65. The molecule has 1 atom stereocenters. The van der Waals surface area contributed by atoms with Crippen LogP contribution in [0.4, 0.5) is 4.79 Å². The Morgan fingerprint density at radius 3 is 2.18 bits per heavy atom. The number of rotatable bonds is 9. The topological polar surface area (TPSA) is 131 Å². The summed E-state index contributed by atoms with van der Waals surface area (Å²) in [5.74, 6) is -3.16. The van der Waals surface area contributed by atoms with Gasteiger partial charge in [-0.2, -0.15) is 0 Å². The van der Waals surface area contributed by atoms with Gasteiger partial charge in [0.2, 0.25) is 6.04 Å². The number of esters is 1. The SMILES string of the molecule is CCOC(=O)C(NC(=O)OCC1c2ccccc2-c2ccccc21)C(=O)NC/C=C/C(=O)O. The maximum absolute atomic E-state index is 12.5. The first kappa shape index (κ1) is 23.5. The number of amides is 2. The number of carbonyl (C=O) groups is 4. The number of nitrogens with one attached hydrogen (secondary N) is 2. The van der Waals surface area contributed by atoms with Crippen LogP contribution >= 0.6 is 0 Å². The molecule has 1 unspecified atom stereocenters. The van der Waals surface area contributed by atoms with Crippen LogP contribution in [0.1, 0.15) is 24.0 Å². The average Bonchev–Trinajstić information content (AvgIpc) is 3.12. The number of benzene rings is 2. The number of hydrogen-bond donors (Lipinski definition) is 3. The lowest BCUT2D eigenvalue weighted by Gasteiger charge is -2.18. The molecule has 0 radical (unpaired) electrons. The summed E-state index contributed by atoms with van der Waals surface area (Å²) in [5.41, 5.74) is 4.19. The second-order valence-electron chi connectivity index (χ2n) is 7.14. The van der Waals surface area contributed by atoms with Crippen LogP contribution in [-0.4, -0.2) is 54.8 Å². The summed E-state index contributed by atoms with van der Waals surface area (Å²) in [6.45, 7) is 1.44. The monoisotopic (exact) mass is 452 g/mol. The standard InChI is InChI=1S/C24H24N2O7/c1-2-32-23(30)21(22(29)25-13-7-12-20(27)28)26-24(31)33-14-19-17-10-5-3-8-15(17)16-9-4-6-11-18(16)19/h3-12,19,21H,2,13-14H2,1H3,(H,25,29)(H,26,31)(H,27,28)/b12-7+. The molecule has 2 amide bonds. The minimum absolute atomic E-state index is 0.00784. The van der Waals surface area contributed by atoms with E-state index in [4.69, 9.17) is 14.6 Å². The van der Waals surface area contributed by atoms with Crippen molar-refractivity contribution in [1.29, 1.82) is 0 Å². The molecule has 1 aliphatic rings. The highest BCUT2D eigenvalue weighted by Gasteiger charge is 2.32. The van der Waals surface area contributed by atoms with Crippen LogP contribution < -0.4 is 10.6 Å². The van der Waals surface area contributed by atoms with Crippen LogP contribution in [0.25, 0.3) is 11.1 Å². The summed E-state index contributed by atoms with van der Waals surface area (Å²) >= 11 is 0. The molecule has 3 N–H and O–H groups in total. The van der Waals surface area contributed by atoms with Crippen molar-refractivity contribution in [1.82, 2.24) is 10.6 Å². The smallest absolute Gasteiger partial charge is 0.408 e. The molecule has 3 rings (SSSR count). The molecule has 2 aromatic carbocycles. The van der Waals surface area contributed by atoms with E-state index in [-0.39, 0.29) is 25.7 Å². The first-order valence-electron chi connectivity index (χ1n) is 10.4. The predicted octanol–water partition coefficient (Wildman–Crippen LogP) is 2.21. The summed E-state index contributed by atoms with van der Waals surface area (Å²) in [6.07, 6.45) is 1.08. The Bertz CT molecular complexity index is 1030. The number of ether oxygens (including phenoxy) is 2. The van der Waals surface area contributed by atoms with Gasteiger partial charge in [0.05, 0.1) is 6.61 Å². The van der Waals surface area contributed by atoms with E-state index < -0.39 is 30.0 Å². The van der Waals surface area contributed by atoms with Gasteiger partial charge in [0.15, 0.2) is 0 Å². The number of fused-ring (bicyclic) bond motifs is 3. The normalized spacial score (nSPS) is 13.0. The van der Waals surface area contributed by atoms with E-state index in [1.165, 1.54) is 6.08 Å². The third-order valence-corrected chi connectivity index (χ3v) is 5.04. The Kier molecular flexibility index (Phi) is 7.80. The molecule has 0 saturated carbocycles. The van der Waals surface area contributed by atoms with Crippen LogP contribution in [0.15, 0.2) is 60.7 Å². The summed E-state index contributed by atoms with van der Waals surface area (Å²) in [4.78, 5) is 47.5. The minimum atomic E-state index is -1.64. The molecule has 9 heteroatoms. The molecule has 33 heavy (non-hydrogen) atoms. The molecule has 0 fully saturated rings. The number of carboxylic acids is 1. The highest BCUT2D eigenvalue weighted by molar-refractivity contribution is 6.04. The summed E-state index contributed by atoms with van der Waals surface area (Å²) in [7, 11) is 0. The summed E-state index contributed by atoms with van der Waals surface area (Å²) in [5, 5.41) is 13.2. The van der Waals surface area contributed by atoms with E-state index in [9.17, 15) is 19.2 Å². The third-order valence-electron chi connectivity index (χ3n) is 5.04. The number of aliphatic carboxylic acids is 1. The quantitative estimate of drug-likeness (QED) is 0.302. The van der Waals surface area contributed by atoms with E-state index in [2.05, 4.69) is 10.6 Å². The molecule has 172 valence electrons. The van der Waals surface area contributed by atoms with Crippen LogP contribution in [0.3, 0.4) is 0 Å². The molecule has 1 aliphatic carbocycles. The number of hydrogen-bond acceptors (Lipinski definition) is 6. The van der Waals surface area contributed by atoms with Gasteiger partial charge in [0, 0.05) is 18.5 Å². The van der Waals surface area contributed by atoms with E-state index in [1.54, 1.807) is 6.92 Å². The van der Waals surface area contributed by atoms with Gasteiger partial charge in [-0.05, 0) is 29.2 Å². The molecule has 9 nitrogen and oxygen atoms in total. The third kappa shape index (κ3) is 5.76. The first-order chi connectivity index (χ1) is 15.9. The maximum Gasteiger partial charge on any atom is 0.408 e. The lowest BCUT2D eigenvalue weighted by molar-refractivity contribution is -0.149. The molecule has 0 aliphatic heterocycles. The van der Waals surface area contributed by atoms with Crippen molar-refractivity contribution >= 4 is 23.9 Å². The minimum Gasteiger partial charge on any atom is -0.478 e. The summed E-state index contributed by atoms with van der Waals surface area (Å²) in [6, 6.07) is 14.0. The average molecular weight is 452 g/mol. The van der Waals surface area contributed by atoms with E-state index in [0.29, 0.717) is 0 Å². The van der Waals surface area contributed by atoms with Gasteiger partial charge in [-0.3, -0.25) is 10.1 Å². The van der Waals surface area contributed by atoms with Gasteiger partial charge in [-0.25, -0.2) is 14.4 Å². The Labute approximate surface area is 190 Å². The second-order valence-corrected chi connectivity index (χ2v) is 7.14. The van der Waals surface area contributed by atoms with Gasteiger partial charge in [-0.15, -0.1) is 0 Å². The fraction of sp³-hybridized carbons (Fsp3) is 0.250. The van der Waals surface area contributed by atoms with Crippen molar-refractivity contribution < 1.29 is 33.8 Å². The highest BCUT2D eigenvalue weighted by Crippen LogP contribution is 2.44. The van der Waals surface area contributed by atoms with Gasteiger partial charge >= 0.3 is 18.0 Å². The van der Waals surface area contributed by atoms with Crippen molar-refractivity contribution in [3.8, 4) is 11.1 Å². The number of carbonyl (C=O) groups excluding carboxylic acids is 3. The Morgan fingerprint density at radius 2 is 1.61 bits per heavy atom. The van der Waals surface area contributed by atoms with Crippen molar-refractivity contribution in [2.75, 3.05) is 19.8 Å². The molecule has 0 spiro atoms. The fourth-order valence-corrected chi connectivity index (χ4v) is 3.64. The van der Waals surface area contributed by atoms with Crippen LogP contribution in [0.2, 0.25) is 0 Å². The number of carboxylic acid groups (broad SMARTS) is 1. The van der Waals surface area contributed by atoms with Gasteiger partial charge in [0.25, 0.3) is 5.91 Å². The van der Waals surface area contributed by atoms with Crippen molar-refractivity contribution in [3.63, 3.8) is 0 Å². The molecular weight excluding hydrogens is 428 g/mol. The largest absolute Gasteiger partial charge is 0.478 e. The molecular formula is C24H24N2O7. The summed E-state index contributed by atoms with van der Waals surface area (Å²) < 4.78 is 10.2. The van der Waals surface area contributed by atoms with E-state index in [1.807, 2.05) is 48.5 Å². The van der Waals surface area contributed by atoms with Crippen LogP contribution in [0.5, 0.6) is 0 Å². The van der Waals surface area contributed by atoms with E-state index >= 15 is 0 Å². The zero-order chi connectivity index (χ0) is 23.8. The van der Waals surface area contributed by atoms with Gasteiger partial charge in [-0.1, -0.05) is 54.6 Å². The van der Waals surface area contributed by atoms with Gasteiger partial charge < -0.3 is 19.9 Å². The molecule has 0 aromatic heterocycles. The first-order valence-corrected chi connectivity index (χ1v) is 10.4. The van der Waals surface area contributed by atoms with Crippen LogP contribution in [-0.2, 0) is 23.9 Å². The zero-order valence-electron chi connectivity index (χ0n) is 17.9. The lowest BCUT2D eigenvalue weighted by Crippen LogP contribution is -2.52.